The van der Waals surface area contributed by atoms with Crippen LogP contribution in [0.4, 0.5) is 11.4 Å². The van der Waals surface area contributed by atoms with Crippen molar-refractivity contribution in [2.24, 2.45) is 5.92 Å². The number of aromatic nitrogens is 1. The molecule has 1 aromatic carbocycles. The number of piperidine rings is 1. The predicted octanol–water partition coefficient (Wildman–Crippen LogP) is 3.86. The molecule has 0 aliphatic carbocycles. The first-order valence-electron chi connectivity index (χ1n) is 8.46. The Bertz CT molecular complexity index is 667. The van der Waals surface area contributed by atoms with Crippen molar-refractivity contribution in [3.63, 3.8) is 0 Å². The van der Waals surface area contributed by atoms with E-state index >= 15 is 0 Å². The number of aryl methyl sites for hydroxylation is 1. The number of nitrogens with one attached hydrogen (secondary N) is 1. The number of aliphatic hydroxyl groups is 1. The molecular weight excluding hydrogens is 322 g/mol. The molecule has 2 N–H and O–H groups in total. The largest absolute Gasteiger partial charge is 0.396 e. The molecule has 128 valence electrons. The second-order valence-corrected chi connectivity index (χ2v) is 6.89. The van der Waals surface area contributed by atoms with E-state index < -0.39 is 0 Å². The average Bonchev–Trinajstić information content (AvgIpc) is 2.61. The SMILES string of the molecule is Cc1ccc(CNc2cc(Cl)ccc2N2CCC(CO)CC2)nc1. The highest BCUT2D eigenvalue weighted by molar-refractivity contribution is 6.31. The van der Waals surface area contributed by atoms with Gasteiger partial charge in [-0.3, -0.25) is 4.98 Å². The van der Waals surface area contributed by atoms with Gasteiger partial charge in [-0.05, 0) is 55.5 Å². The first-order valence-corrected chi connectivity index (χ1v) is 8.84. The summed E-state index contributed by atoms with van der Waals surface area (Å²) in [6, 6.07) is 10.1. The highest BCUT2D eigenvalue weighted by Crippen LogP contribution is 2.32. The molecule has 2 aromatic rings. The van der Waals surface area contributed by atoms with Crippen molar-refractivity contribution in [1.82, 2.24) is 4.98 Å². The summed E-state index contributed by atoms with van der Waals surface area (Å²) in [6.07, 6.45) is 3.94. The zero-order valence-electron chi connectivity index (χ0n) is 14.0. The van der Waals surface area contributed by atoms with Crippen molar-refractivity contribution in [1.29, 1.82) is 0 Å². The molecule has 0 saturated carbocycles. The summed E-state index contributed by atoms with van der Waals surface area (Å²) in [7, 11) is 0. The Morgan fingerprint density at radius 1 is 1.25 bits per heavy atom. The van der Waals surface area contributed by atoms with E-state index in [0.717, 1.165) is 47.9 Å². The molecule has 5 heteroatoms. The van der Waals surface area contributed by atoms with Crippen LogP contribution >= 0.6 is 11.6 Å². The van der Waals surface area contributed by atoms with E-state index in [0.29, 0.717) is 19.1 Å². The van der Waals surface area contributed by atoms with Crippen LogP contribution in [0.25, 0.3) is 0 Å². The van der Waals surface area contributed by atoms with Crippen LogP contribution in [-0.2, 0) is 6.54 Å². The lowest BCUT2D eigenvalue weighted by molar-refractivity contribution is 0.203. The monoisotopic (exact) mass is 345 g/mol. The predicted molar refractivity (Wildman–Crippen MR) is 99.8 cm³/mol. The molecule has 1 aromatic heterocycles. The molecule has 0 spiro atoms. The summed E-state index contributed by atoms with van der Waals surface area (Å²) in [5, 5.41) is 13.5. The summed E-state index contributed by atoms with van der Waals surface area (Å²) < 4.78 is 0. The molecular formula is C19H24ClN3O. The van der Waals surface area contributed by atoms with Gasteiger partial charge in [-0.2, -0.15) is 0 Å². The Balaban J connectivity index is 1.72. The van der Waals surface area contributed by atoms with Crippen molar-refractivity contribution in [3.8, 4) is 0 Å². The molecule has 24 heavy (non-hydrogen) atoms. The highest BCUT2D eigenvalue weighted by Gasteiger charge is 2.20. The van der Waals surface area contributed by atoms with E-state index in [4.69, 9.17) is 11.6 Å². The first-order chi connectivity index (χ1) is 11.7. The summed E-state index contributed by atoms with van der Waals surface area (Å²) in [6.45, 7) is 4.92. The van der Waals surface area contributed by atoms with Gasteiger partial charge in [0, 0.05) is 30.9 Å². The smallest absolute Gasteiger partial charge is 0.0603 e. The number of rotatable bonds is 5. The van der Waals surface area contributed by atoms with Crippen molar-refractivity contribution >= 4 is 23.0 Å². The van der Waals surface area contributed by atoms with E-state index in [1.54, 1.807) is 0 Å². The number of hydrogen-bond donors (Lipinski definition) is 2. The number of anilines is 2. The number of halogens is 1. The van der Waals surface area contributed by atoms with Gasteiger partial charge >= 0.3 is 0 Å². The number of benzene rings is 1. The van der Waals surface area contributed by atoms with E-state index in [9.17, 15) is 5.11 Å². The van der Waals surface area contributed by atoms with Crippen LogP contribution in [0.2, 0.25) is 5.02 Å². The zero-order valence-corrected chi connectivity index (χ0v) is 14.8. The molecule has 3 rings (SSSR count). The Morgan fingerprint density at radius 3 is 2.71 bits per heavy atom. The number of nitrogens with zero attached hydrogens (tertiary/aromatic N) is 2. The molecule has 0 amide bonds. The fourth-order valence-electron chi connectivity index (χ4n) is 3.07. The minimum Gasteiger partial charge on any atom is -0.396 e. The van der Waals surface area contributed by atoms with Crippen LogP contribution in [0.3, 0.4) is 0 Å². The normalized spacial score (nSPS) is 15.5. The van der Waals surface area contributed by atoms with Gasteiger partial charge in [-0.25, -0.2) is 0 Å². The summed E-state index contributed by atoms with van der Waals surface area (Å²) >= 11 is 6.20. The lowest BCUT2D eigenvalue weighted by Crippen LogP contribution is -2.35. The molecule has 0 unspecified atom stereocenters. The van der Waals surface area contributed by atoms with E-state index in [-0.39, 0.29) is 0 Å². The number of pyridine rings is 1. The summed E-state index contributed by atoms with van der Waals surface area (Å²) in [4.78, 5) is 6.81. The van der Waals surface area contributed by atoms with Crippen LogP contribution in [0.5, 0.6) is 0 Å². The summed E-state index contributed by atoms with van der Waals surface area (Å²) in [5.74, 6) is 0.432. The van der Waals surface area contributed by atoms with E-state index in [1.165, 1.54) is 5.69 Å². The van der Waals surface area contributed by atoms with E-state index in [1.807, 2.05) is 31.3 Å². The van der Waals surface area contributed by atoms with Crippen molar-refractivity contribution < 1.29 is 5.11 Å². The Hall–Kier alpha value is -1.78. The standard InChI is InChI=1S/C19H24ClN3O/c1-14-2-4-17(21-11-14)12-22-18-10-16(20)3-5-19(18)23-8-6-15(13-24)7-9-23/h2-5,10-11,15,22,24H,6-9,12-13H2,1H3. The van der Waals surface area contributed by atoms with Crippen LogP contribution < -0.4 is 10.2 Å². The van der Waals surface area contributed by atoms with Crippen molar-refractivity contribution in [3.05, 3.63) is 52.8 Å². The Kier molecular flexibility index (Phi) is 5.59. The van der Waals surface area contributed by atoms with Gasteiger partial charge < -0.3 is 15.3 Å². The van der Waals surface area contributed by atoms with Gasteiger partial charge in [0.1, 0.15) is 0 Å². The molecule has 1 aliphatic rings. The molecule has 0 radical (unpaired) electrons. The van der Waals surface area contributed by atoms with Gasteiger partial charge in [0.15, 0.2) is 0 Å². The Labute approximate surface area is 148 Å². The summed E-state index contributed by atoms with van der Waals surface area (Å²) in [5.41, 5.74) is 4.37. The van der Waals surface area contributed by atoms with Gasteiger partial charge in [0.2, 0.25) is 0 Å². The van der Waals surface area contributed by atoms with Crippen LogP contribution in [0.15, 0.2) is 36.5 Å². The fourth-order valence-corrected chi connectivity index (χ4v) is 3.24. The third-order valence-corrected chi connectivity index (χ3v) is 4.84. The van der Waals surface area contributed by atoms with Crippen LogP contribution in [-0.4, -0.2) is 29.8 Å². The molecule has 1 fully saturated rings. The van der Waals surface area contributed by atoms with Gasteiger partial charge in [-0.15, -0.1) is 0 Å². The molecule has 0 bridgehead atoms. The minimum atomic E-state index is 0.290. The van der Waals surface area contributed by atoms with Gasteiger partial charge in [0.05, 0.1) is 23.6 Å². The number of hydrogen-bond acceptors (Lipinski definition) is 4. The fraction of sp³-hybridized carbons (Fsp3) is 0.421. The topological polar surface area (TPSA) is 48.4 Å². The molecule has 4 nitrogen and oxygen atoms in total. The Morgan fingerprint density at radius 2 is 2.04 bits per heavy atom. The number of aliphatic hydroxyl groups excluding tert-OH is 1. The third-order valence-electron chi connectivity index (χ3n) is 4.60. The highest BCUT2D eigenvalue weighted by atomic mass is 35.5. The second kappa shape index (κ2) is 7.86. The van der Waals surface area contributed by atoms with Crippen LogP contribution in [0.1, 0.15) is 24.1 Å². The van der Waals surface area contributed by atoms with Crippen molar-refractivity contribution in [2.45, 2.75) is 26.3 Å². The second-order valence-electron chi connectivity index (χ2n) is 6.45. The molecule has 1 saturated heterocycles. The maximum absolute atomic E-state index is 9.31. The maximum Gasteiger partial charge on any atom is 0.0603 e. The molecule has 0 atom stereocenters. The van der Waals surface area contributed by atoms with Gasteiger partial charge in [0.25, 0.3) is 0 Å². The van der Waals surface area contributed by atoms with Gasteiger partial charge in [-0.1, -0.05) is 17.7 Å². The lowest BCUT2D eigenvalue weighted by atomic mass is 9.97. The first kappa shape index (κ1) is 17.1. The molecule has 2 heterocycles. The average molecular weight is 346 g/mol. The zero-order chi connectivity index (χ0) is 16.9. The van der Waals surface area contributed by atoms with Crippen molar-refractivity contribution in [2.75, 3.05) is 29.9 Å². The maximum atomic E-state index is 9.31. The minimum absolute atomic E-state index is 0.290. The third kappa shape index (κ3) is 4.19. The van der Waals surface area contributed by atoms with Crippen LogP contribution in [0, 0.1) is 12.8 Å². The van der Waals surface area contributed by atoms with E-state index in [2.05, 4.69) is 27.3 Å². The molecule has 1 aliphatic heterocycles. The lowest BCUT2D eigenvalue weighted by Gasteiger charge is -2.34. The quantitative estimate of drug-likeness (QED) is 0.863.